The molecule has 0 aliphatic carbocycles. The zero-order valence-corrected chi connectivity index (χ0v) is 10.6. The molecule has 1 atom stereocenters. The topological polar surface area (TPSA) is 9.23 Å². The van der Waals surface area contributed by atoms with Gasteiger partial charge in [-0.3, -0.25) is 4.29 Å². The van der Waals surface area contributed by atoms with Crippen LogP contribution < -0.4 is 0 Å². The van der Waals surface area contributed by atoms with Gasteiger partial charge in [0.25, 0.3) is 0 Å². The van der Waals surface area contributed by atoms with Crippen molar-refractivity contribution in [3.63, 3.8) is 0 Å². The van der Waals surface area contributed by atoms with Crippen LogP contribution in [0.4, 0.5) is 0 Å². The lowest BCUT2D eigenvalue weighted by atomic mass is 9.87. The molecule has 0 aliphatic rings. The fraction of sp³-hybridized carbons (Fsp3) is 0.538. The Labute approximate surface area is 97.6 Å². The lowest BCUT2D eigenvalue weighted by Gasteiger charge is -2.24. The Morgan fingerprint density at radius 3 is 2.13 bits per heavy atom. The van der Waals surface area contributed by atoms with E-state index in [1.165, 1.54) is 5.56 Å². The Hall–Kier alpha value is -0.530. The lowest BCUT2D eigenvalue weighted by molar-refractivity contribution is 0.160. The summed E-state index contributed by atoms with van der Waals surface area (Å²) >= 11 is 5.55. The summed E-state index contributed by atoms with van der Waals surface area (Å²) in [6, 6.07) is 8.32. The fourth-order valence-corrected chi connectivity index (χ4v) is 1.70. The highest BCUT2D eigenvalue weighted by Gasteiger charge is 2.20. The fourth-order valence-electron chi connectivity index (χ4n) is 1.54. The van der Waals surface area contributed by atoms with Gasteiger partial charge in [-0.15, -0.1) is 0 Å². The normalized spacial score (nSPS) is 13.9. The summed E-state index contributed by atoms with van der Waals surface area (Å²) in [5, 5.41) is 0. The van der Waals surface area contributed by atoms with Crippen molar-refractivity contribution < 1.29 is 4.29 Å². The maximum atomic E-state index is 5.55. The van der Waals surface area contributed by atoms with E-state index < -0.39 is 0 Å². The van der Waals surface area contributed by atoms with E-state index in [4.69, 9.17) is 16.2 Å². The standard InChI is InChI=1S/C13H19ClO/c1-10-5-7-11(8-6-10)12(15-14)9-13(2,3)4/h5-8,12H,9H2,1-4H3. The van der Waals surface area contributed by atoms with E-state index in [1.54, 1.807) is 0 Å². The van der Waals surface area contributed by atoms with Crippen LogP contribution >= 0.6 is 11.9 Å². The molecule has 2 heteroatoms. The first-order valence-electron chi connectivity index (χ1n) is 5.26. The zero-order valence-electron chi connectivity index (χ0n) is 9.88. The summed E-state index contributed by atoms with van der Waals surface area (Å²) in [5.41, 5.74) is 2.61. The van der Waals surface area contributed by atoms with E-state index in [2.05, 4.69) is 52.0 Å². The third-order valence-corrected chi connectivity index (χ3v) is 2.57. The second kappa shape index (κ2) is 5.00. The average molecular weight is 227 g/mol. The van der Waals surface area contributed by atoms with Crippen molar-refractivity contribution in [1.82, 2.24) is 0 Å². The maximum Gasteiger partial charge on any atom is 0.105 e. The SMILES string of the molecule is Cc1ccc(C(CC(C)(C)C)OCl)cc1. The van der Waals surface area contributed by atoms with Crippen molar-refractivity contribution in [2.45, 2.75) is 40.2 Å². The zero-order chi connectivity index (χ0) is 11.5. The molecule has 15 heavy (non-hydrogen) atoms. The molecule has 0 radical (unpaired) electrons. The molecule has 0 bridgehead atoms. The highest BCUT2D eigenvalue weighted by Crippen LogP contribution is 2.32. The smallest absolute Gasteiger partial charge is 0.105 e. The van der Waals surface area contributed by atoms with Gasteiger partial charge in [-0.25, -0.2) is 0 Å². The molecule has 1 rings (SSSR count). The summed E-state index contributed by atoms with van der Waals surface area (Å²) in [7, 11) is 0. The number of aryl methyl sites for hydroxylation is 1. The Kier molecular flexibility index (Phi) is 4.18. The molecule has 0 amide bonds. The number of halogens is 1. The van der Waals surface area contributed by atoms with Gasteiger partial charge in [-0.05, 0) is 24.3 Å². The van der Waals surface area contributed by atoms with E-state index in [-0.39, 0.29) is 11.5 Å². The van der Waals surface area contributed by atoms with Crippen molar-refractivity contribution in [1.29, 1.82) is 0 Å². The van der Waals surface area contributed by atoms with Crippen LogP contribution in [0.3, 0.4) is 0 Å². The number of hydrogen-bond acceptors (Lipinski definition) is 1. The third-order valence-electron chi connectivity index (χ3n) is 2.35. The molecular weight excluding hydrogens is 208 g/mol. The molecule has 1 nitrogen and oxygen atoms in total. The van der Waals surface area contributed by atoms with E-state index in [9.17, 15) is 0 Å². The first-order valence-corrected chi connectivity index (χ1v) is 5.57. The van der Waals surface area contributed by atoms with Crippen molar-refractivity contribution in [2.75, 3.05) is 0 Å². The van der Waals surface area contributed by atoms with Gasteiger partial charge in [0.2, 0.25) is 0 Å². The third kappa shape index (κ3) is 4.23. The summed E-state index contributed by atoms with van der Waals surface area (Å²) in [6.07, 6.45) is 0.895. The Morgan fingerprint density at radius 1 is 1.20 bits per heavy atom. The van der Waals surface area contributed by atoms with Crippen LogP contribution in [-0.2, 0) is 4.29 Å². The Bertz CT molecular complexity index is 297. The Balaban J connectivity index is 2.79. The summed E-state index contributed by atoms with van der Waals surface area (Å²) in [6.45, 7) is 8.63. The van der Waals surface area contributed by atoms with Gasteiger partial charge in [0.05, 0.1) is 11.9 Å². The van der Waals surface area contributed by atoms with E-state index in [1.807, 2.05) is 0 Å². The van der Waals surface area contributed by atoms with Crippen LogP contribution in [0.25, 0.3) is 0 Å². The number of rotatable bonds is 3. The van der Waals surface area contributed by atoms with Gasteiger partial charge in [0.15, 0.2) is 0 Å². The number of hydrogen-bond donors (Lipinski definition) is 0. The van der Waals surface area contributed by atoms with Crippen molar-refractivity contribution in [2.24, 2.45) is 5.41 Å². The summed E-state index contributed by atoms with van der Waals surface area (Å²) in [5.74, 6) is 0. The van der Waals surface area contributed by atoms with Crippen LogP contribution in [-0.4, -0.2) is 0 Å². The monoisotopic (exact) mass is 226 g/mol. The van der Waals surface area contributed by atoms with Crippen LogP contribution in [0.2, 0.25) is 0 Å². The Morgan fingerprint density at radius 2 is 1.73 bits per heavy atom. The molecule has 1 aromatic carbocycles. The van der Waals surface area contributed by atoms with Crippen LogP contribution in [0.1, 0.15) is 44.4 Å². The quantitative estimate of drug-likeness (QED) is 0.730. The second-order valence-electron chi connectivity index (χ2n) is 5.25. The molecule has 1 aromatic rings. The van der Waals surface area contributed by atoms with E-state index >= 15 is 0 Å². The van der Waals surface area contributed by atoms with E-state index in [0.717, 1.165) is 12.0 Å². The molecule has 0 aromatic heterocycles. The minimum absolute atomic E-state index is 0.0210. The van der Waals surface area contributed by atoms with Crippen molar-refractivity contribution in [3.05, 3.63) is 35.4 Å². The lowest BCUT2D eigenvalue weighted by Crippen LogP contribution is -2.12. The van der Waals surface area contributed by atoms with Crippen molar-refractivity contribution >= 4 is 11.9 Å². The van der Waals surface area contributed by atoms with Crippen molar-refractivity contribution in [3.8, 4) is 0 Å². The molecule has 0 saturated heterocycles. The predicted octanol–water partition coefficient (Wildman–Crippen LogP) is 4.64. The van der Waals surface area contributed by atoms with Gasteiger partial charge in [0, 0.05) is 0 Å². The van der Waals surface area contributed by atoms with Crippen LogP contribution in [0.5, 0.6) is 0 Å². The first kappa shape index (κ1) is 12.5. The van der Waals surface area contributed by atoms with Gasteiger partial charge in [0.1, 0.15) is 6.10 Å². The molecule has 0 aliphatic heterocycles. The van der Waals surface area contributed by atoms with E-state index in [0.29, 0.717) is 0 Å². The van der Waals surface area contributed by atoms with Gasteiger partial charge >= 0.3 is 0 Å². The average Bonchev–Trinajstić information content (AvgIpc) is 2.14. The molecule has 0 heterocycles. The molecule has 0 spiro atoms. The largest absolute Gasteiger partial charge is 0.271 e. The minimum atomic E-state index is -0.0210. The molecule has 84 valence electrons. The molecule has 1 unspecified atom stereocenters. The van der Waals surface area contributed by atoms with Gasteiger partial charge in [-0.2, -0.15) is 0 Å². The maximum absolute atomic E-state index is 5.55. The molecule has 0 N–H and O–H groups in total. The second-order valence-corrected chi connectivity index (χ2v) is 5.43. The summed E-state index contributed by atoms with van der Waals surface area (Å²) < 4.78 is 5.02. The minimum Gasteiger partial charge on any atom is -0.271 e. The molecule has 0 fully saturated rings. The predicted molar refractivity (Wildman–Crippen MR) is 64.9 cm³/mol. The highest BCUT2D eigenvalue weighted by molar-refractivity contribution is 6.07. The van der Waals surface area contributed by atoms with Gasteiger partial charge in [-0.1, -0.05) is 50.6 Å². The summed E-state index contributed by atoms with van der Waals surface area (Å²) in [4.78, 5) is 0. The first-order chi connectivity index (χ1) is 6.92. The van der Waals surface area contributed by atoms with Crippen LogP contribution in [0.15, 0.2) is 24.3 Å². The molecular formula is C13H19ClO. The van der Waals surface area contributed by atoms with Crippen LogP contribution in [0, 0.1) is 12.3 Å². The highest BCUT2D eigenvalue weighted by atomic mass is 35.5. The molecule has 0 saturated carbocycles. The number of benzene rings is 1. The van der Waals surface area contributed by atoms with Gasteiger partial charge < -0.3 is 0 Å².